The van der Waals surface area contributed by atoms with E-state index in [1.807, 2.05) is 6.92 Å². The number of unbranched alkanes of at least 4 members (excludes halogenated alkanes) is 10. The van der Waals surface area contributed by atoms with E-state index in [9.17, 15) is 0 Å². The number of nitrogens with zero attached hydrogens (tertiary/aromatic N) is 4. The van der Waals surface area contributed by atoms with Gasteiger partial charge in [0.1, 0.15) is 11.6 Å². The summed E-state index contributed by atoms with van der Waals surface area (Å²) >= 11 is 0. The Bertz CT molecular complexity index is 826. The Morgan fingerprint density at radius 3 is 0.947 bits per heavy atom. The average Bonchev–Trinajstić information content (AvgIpc) is 2.89. The molecule has 0 aromatic carbocycles. The minimum Gasteiger partial charge on any atom is -0.238 e. The van der Waals surface area contributed by atoms with Gasteiger partial charge >= 0.3 is 0 Å². The van der Waals surface area contributed by atoms with Gasteiger partial charge in [-0.2, -0.15) is 0 Å². The van der Waals surface area contributed by atoms with Crippen LogP contribution in [0.15, 0.2) is 0 Å². The fourth-order valence-corrected chi connectivity index (χ4v) is 5.09. The highest BCUT2D eigenvalue weighted by Crippen LogP contribution is 2.18. The molecule has 0 spiro atoms. The fraction of sp³-hybridized carbons (Fsp3) is 0.765. The Hall–Kier alpha value is -1.84. The van der Waals surface area contributed by atoms with Gasteiger partial charge in [0.15, 0.2) is 0 Å². The summed E-state index contributed by atoms with van der Waals surface area (Å²) in [4.78, 5) is 18.4. The van der Waals surface area contributed by atoms with E-state index in [-0.39, 0.29) is 0 Å². The molecule has 2 heterocycles. The lowest BCUT2D eigenvalue weighted by Gasteiger charge is -2.11. The van der Waals surface area contributed by atoms with Gasteiger partial charge < -0.3 is 0 Å². The molecule has 0 fully saturated rings. The third kappa shape index (κ3) is 13.8. The first-order valence-corrected chi connectivity index (χ1v) is 16.0. The van der Waals surface area contributed by atoms with Gasteiger partial charge in [-0.1, -0.05) is 105 Å². The van der Waals surface area contributed by atoms with Crippen molar-refractivity contribution in [2.24, 2.45) is 0 Å². The average molecular weight is 525 g/mol. The van der Waals surface area contributed by atoms with Crippen LogP contribution in [0.25, 0.3) is 0 Å². The molecule has 0 amide bonds. The lowest BCUT2D eigenvalue weighted by molar-refractivity contribution is 0.596. The van der Waals surface area contributed by atoms with E-state index in [2.05, 4.69) is 58.4 Å². The molecule has 0 aliphatic carbocycles. The Kier molecular flexibility index (Phi) is 18.9. The van der Waals surface area contributed by atoms with Crippen LogP contribution in [0.2, 0.25) is 0 Å². The van der Waals surface area contributed by atoms with E-state index in [4.69, 9.17) is 9.97 Å². The Balaban J connectivity index is 0.000000437. The zero-order valence-electron chi connectivity index (χ0n) is 26.5. The van der Waals surface area contributed by atoms with Gasteiger partial charge in [0.25, 0.3) is 0 Å². The highest BCUT2D eigenvalue weighted by atomic mass is 14.9. The predicted molar refractivity (Wildman–Crippen MR) is 165 cm³/mol. The molecule has 216 valence electrons. The highest BCUT2D eigenvalue weighted by Gasteiger charge is 2.09. The molecule has 0 saturated carbocycles. The van der Waals surface area contributed by atoms with Gasteiger partial charge in [0, 0.05) is 22.8 Å². The molecule has 4 heteroatoms. The molecular weight excluding hydrogens is 464 g/mol. The van der Waals surface area contributed by atoms with Gasteiger partial charge in [-0.05, 0) is 77.3 Å². The largest absolute Gasteiger partial charge is 0.238 e. The third-order valence-corrected chi connectivity index (χ3v) is 7.43. The summed E-state index contributed by atoms with van der Waals surface area (Å²) in [5.41, 5.74) is 7.76. The first-order valence-electron chi connectivity index (χ1n) is 16.0. The van der Waals surface area contributed by atoms with Crippen molar-refractivity contribution in [1.29, 1.82) is 0 Å². The van der Waals surface area contributed by atoms with Crippen molar-refractivity contribution < 1.29 is 0 Å². The number of hydrogen-bond donors (Lipinski definition) is 0. The summed E-state index contributed by atoms with van der Waals surface area (Å²) in [7, 11) is 0. The van der Waals surface area contributed by atoms with Crippen molar-refractivity contribution in [2.75, 3.05) is 0 Å². The van der Waals surface area contributed by atoms with Crippen LogP contribution < -0.4 is 0 Å². The van der Waals surface area contributed by atoms with E-state index >= 15 is 0 Å². The van der Waals surface area contributed by atoms with E-state index < -0.39 is 0 Å². The fourth-order valence-electron chi connectivity index (χ4n) is 5.09. The minimum absolute atomic E-state index is 0.919. The second-order valence-electron chi connectivity index (χ2n) is 11.1. The Morgan fingerprint density at radius 1 is 0.342 bits per heavy atom. The normalized spacial score (nSPS) is 10.9. The Morgan fingerprint density at radius 2 is 0.632 bits per heavy atom. The van der Waals surface area contributed by atoms with Gasteiger partial charge in [0.05, 0.1) is 0 Å². The number of aryl methyl sites for hydroxylation is 6. The van der Waals surface area contributed by atoms with Crippen LogP contribution in [0.1, 0.15) is 163 Å². The lowest BCUT2D eigenvalue weighted by Crippen LogP contribution is -2.06. The molecule has 2 rings (SSSR count). The van der Waals surface area contributed by atoms with Crippen molar-refractivity contribution in [3.63, 3.8) is 0 Å². The maximum absolute atomic E-state index is 4.72. The maximum atomic E-state index is 4.72. The highest BCUT2D eigenvalue weighted by molar-refractivity contribution is 5.25. The van der Waals surface area contributed by atoms with Crippen LogP contribution in [0, 0.1) is 27.7 Å². The van der Waals surface area contributed by atoms with Gasteiger partial charge in [-0.3, -0.25) is 0 Å². The molecule has 0 N–H and O–H groups in total. The summed E-state index contributed by atoms with van der Waals surface area (Å²) in [5.74, 6) is 1.88. The van der Waals surface area contributed by atoms with E-state index in [0.717, 1.165) is 50.2 Å². The van der Waals surface area contributed by atoms with Crippen LogP contribution >= 0.6 is 0 Å². The standard InChI is InChI=1S/C22H40N2.C12H20N2/c1-5-7-9-11-13-15-17-21-19(3)22(24-20(4)23-21)18-16-14-12-10-8-6-2;1-5-7-11-9(3)12(8-6-2)14-10(4)13-11/h5-18H2,1-4H3;5-8H2,1-4H3. The van der Waals surface area contributed by atoms with E-state index in [1.54, 1.807) is 0 Å². The number of rotatable bonds is 18. The molecule has 0 atom stereocenters. The molecule has 0 saturated heterocycles. The molecule has 0 aliphatic rings. The summed E-state index contributed by atoms with van der Waals surface area (Å²) in [5, 5.41) is 0. The number of aromatic nitrogens is 4. The quantitative estimate of drug-likeness (QED) is 0.182. The zero-order valence-corrected chi connectivity index (χ0v) is 26.5. The molecule has 4 nitrogen and oxygen atoms in total. The van der Waals surface area contributed by atoms with Crippen molar-refractivity contribution in [2.45, 2.75) is 171 Å². The Labute approximate surface area is 236 Å². The predicted octanol–water partition coefficient (Wildman–Crippen LogP) is 9.90. The first kappa shape index (κ1) is 34.2. The zero-order chi connectivity index (χ0) is 28.2. The van der Waals surface area contributed by atoms with E-state index in [0.29, 0.717) is 0 Å². The summed E-state index contributed by atoms with van der Waals surface area (Å²) < 4.78 is 0. The lowest BCUT2D eigenvalue weighted by atomic mass is 10.0. The van der Waals surface area contributed by atoms with Crippen molar-refractivity contribution in [3.05, 3.63) is 45.6 Å². The number of hydrogen-bond acceptors (Lipinski definition) is 4. The SMILES string of the molecule is CCCCCCCCc1nc(C)nc(CCCCCCCC)c1C.CCCc1nc(C)nc(CCC)c1C. The monoisotopic (exact) mass is 524 g/mol. The summed E-state index contributed by atoms with van der Waals surface area (Å²) in [6.07, 6.45) is 22.9. The smallest absolute Gasteiger partial charge is 0.125 e. The second kappa shape index (κ2) is 21.0. The van der Waals surface area contributed by atoms with E-state index in [1.165, 1.54) is 111 Å². The molecule has 0 radical (unpaired) electrons. The van der Waals surface area contributed by atoms with Crippen molar-refractivity contribution in [3.8, 4) is 0 Å². The third-order valence-electron chi connectivity index (χ3n) is 7.43. The van der Waals surface area contributed by atoms with Crippen LogP contribution in [-0.2, 0) is 25.7 Å². The van der Waals surface area contributed by atoms with Crippen LogP contribution in [0.3, 0.4) is 0 Å². The molecule has 0 aliphatic heterocycles. The minimum atomic E-state index is 0.919. The molecule has 38 heavy (non-hydrogen) atoms. The van der Waals surface area contributed by atoms with Gasteiger partial charge in [-0.25, -0.2) is 19.9 Å². The van der Waals surface area contributed by atoms with Crippen molar-refractivity contribution in [1.82, 2.24) is 19.9 Å². The second-order valence-corrected chi connectivity index (χ2v) is 11.1. The molecule has 0 bridgehead atoms. The van der Waals surface area contributed by atoms with Gasteiger partial charge in [-0.15, -0.1) is 0 Å². The van der Waals surface area contributed by atoms with Gasteiger partial charge in [0.2, 0.25) is 0 Å². The van der Waals surface area contributed by atoms with Crippen molar-refractivity contribution >= 4 is 0 Å². The van der Waals surface area contributed by atoms with Crippen LogP contribution in [-0.4, -0.2) is 19.9 Å². The molecule has 2 aromatic heterocycles. The summed E-state index contributed by atoms with van der Waals surface area (Å²) in [6, 6.07) is 0. The molecule has 2 aromatic rings. The topological polar surface area (TPSA) is 51.6 Å². The molecule has 0 unspecified atom stereocenters. The maximum Gasteiger partial charge on any atom is 0.125 e. The first-order chi connectivity index (χ1) is 18.4. The van der Waals surface area contributed by atoms with Crippen LogP contribution in [0.5, 0.6) is 0 Å². The molecular formula is C34H60N4. The van der Waals surface area contributed by atoms with Crippen LogP contribution in [0.4, 0.5) is 0 Å². The summed E-state index contributed by atoms with van der Waals surface area (Å²) in [6.45, 7) is 17.4.